The molecule has 1 amide bonds. The van der Waals surface area contributed by atoms with Gasteiger partial charge in [0.05, 0.1) is 12.3 Å². The minimum absolute atomic E-state index is 0.0395. The Bertz CT molecular complexity index is 895. The highest BCUT2D eigenvalue weighted by atomic mass is 35.5. The molecule has 0 saturated heterocycles. The summed E-state index contributed by atoms with van der Waals surface area (Å²) in [5.41, 5.74) is 3.20. The summed E-state index contributed by atoms with van der Waals surface area (Å²) in [6, 6.07) is 12.1. The molecule has 1 aliphatic carbocycles. The van der Waals surface area contributed by atoms with E-state index in [-0.39, 0.29) is 11.9 Å². The van der Waals surface area contributed by atoms with Gasteiger partial charge in [0.15, 0.2) is 0 Å². The maximum absolute atomic E-state index is 12.5. The minimum Gasteiger partial charge on any atom is -0.345 e. The zero-order chi connectivity index (χ0) is 18.0. The zero-order valence-corrected chi connectivity index (χ0v) is 15.3. The van der Waals surface area contributed by atoms with Crippen molar-refractivity contribution in [3.8, 4) is 0 Å². The van der Waals surface area contributed by atoms with Crippen LogP contribution >= 0.6 is 11.6 Å². The van der Waals surface area contributed by atoms with Crippen LogP contribution in [-0.4, -0.2) is 20.6 Å². The average Bonchev–Trinajstić information content (AvgIpc) is 2.54. The third kappa shape index (κ3) is 4.52. The Balaban J connectivity index is 1.73. The summed E-state index contributed by atoms with van der Waals surface area (Å²) in [5, 5.41) is 3.77. The summed E-state index contributed by atoms with van der Waals surface area (Å²) in [7, 11) is -3.33. The number of aryl methyl sites for hydroxylation is 1. The van der Waals surface area contributed by atoms with Gasteiger partial charge in [-0.15, -0.1) is 0 Å². The predicted octanol–water partition coefficient (Wildman–Crippen LogP) is 3.52. The third-order valence-corrected chi connectivity index (χ3v) is 5.02. The molecule has 0 unspecified atom stereocenters. The number of carbonyl (C=O) groups excluding carboxylic acids is 1. The molecule has 3 rings (SSSR count). The van der Waals surface area contributed by atoms with Crippen molar-refractivity contribution in [2.24, 2.45) is 0 Å². The minimum atomic E-state index is -3.33. The highest BCUT2D eigenvalue weighted by Gasteiger charge is 2.22. The molecular weight excluding hydrogens is 360 g/mol. The van der Waals surface area contributed by atoms with Gasteiger partial charge in [-0.1, -0.05) is 17.7 Å². The molecule has 0 aliphatic heterocycles. The van der Waals surface area contributed by atoms with Gasteiger partial charge in [-0.25, -0.2) is 8.42 Å². The third-order valence-electron chi connectivity index (χ3n) is 4.18. The fourth-order valence-corrected chi connectivity index (χ4v) is 3.84. The van der Waals surface area contributed by atoms with Crippen molar-refractivity contribution >= 4 is 33.2 Å². The summed E-state index contributed by atoms with van der Waals surface area (Å²) in [4.78, 5) is 12.5. The molecule has 2 N–H and O–H groups in total. The molecule has 0 radical (unpaired) electrons. The first-order valence-corrected chi connectivity index (χ1v) is 10.3. The van der Waals surface area contributed by atoms with Crippen LogP contribution in [0.3, 0.4) is 0 Å². The van der Waals surface area contributed by atoms with E-state index in [1.165, 1.54) is 5.56 Å². The first kappa shape index (κ1) is 17.8. The second-order valence-corrected chi connectivity index (χ2v) is 8.40. The molecule has 0 spiro atoms. The van der Waals surface area contributed by atoms with Gasteiger partial charge in [0.25, 0.3) is 5.91 Å². The molecule has 2 aromatic rings. The van der Waals surface area contributed by atoms with E-state index in [4.69, 9.17) is 11.6 Å². The van der Waals surface area contributed by atoms with E-state index in [1.807, 2.05) is 18.2 Å². The number of carbonyl (C=O) groups is 1. The van der Waals surface area contributed by atoms with Crippen LogP contribution < -0.4 is 10.0 Å². The highest BCUT2D eigenvalue weighted by Crippen LogP contribution is 2.31. The SMILES string of the molecule is CS(=O)(=O)Nc1ccc(C(=O)N[C@@H]2CCCc3cc(Cl)ccc32)cc1. The number of amides is 1. The second kappa shape index (κ2) is 7.06. The van der Waals surface area contributed by atoms with Crippen LogP contribution in [0.4, 0.5) is 5.69 Å². The lowest BCUT2D eigenvalue weighted by Crippen LogP contribution is -2.31. The number of nitrogens with one attached hydrogen (secondary N) is 2. The number of halogens is 1. The summed E-state index contributed by atoms with van der Waals surface area (Å²) in [6.07, 6.45) is 3.93. The van der Waals surface area contributed by atoms with Crippen molar-refractivity contribution in [3.05, 3.63) is 64.2 Å². The number of fused-ring (bicyclic) bond motifs is 1. The van der Waals surface area contributed by atoms with Gasteiger partial charge in [0, 0.05) is 16.3 Å². The van der Waals surface area contributed by atoms with Crippen LogP contribution in [0.5, 0.6) is 0 Å². The van der Waals surface area contributed by atoms with Crippen molar-refractivity contribution in [1.29, 1.82) is 0 Å². The Morgan fingerprint density at radius 2 is 1.88 bits per heavy atom. The highest BCUT2D eigenvalue weighted by molar-refractivity contribution is 7.92. The summed E-state index contributed by atoms with van der Waals surface area (Å²) in [5.74, 6) is -0.182. The van der Waals surface area contributed by atoms with Gasteiger partial charge in [-0.3, -0.25) is 9.52 Å². The maximum Gasteiger partial charge on any atom is 0.251 e. The van der Waals surface area contributed by atoms with Crippen LogP contribution in [0, 0.1) is 0 Å². The van der Waals surface area contributed by atoms with Crippen LogP contribution in [0.25, 0.3) is 0 Å². The maximum atomic E-state index is 12.5. The summed E-state index contributed by atoms with van der Waals surface area (Å²) >= 11 is 6.05. The largest absolute Gasteiger partial charge is 0.345 e. The molecule has 7 heteroatoms. The van der Waals surface area contributed by atoms with Gasteiger partial charge in [0.1, 0.15) is 0 Å². The van der Waals surface area contributed by atoms with Crippen LogP contribution in [0.1, 0.15) is 40.4 Å². The number of rotatable bonds is 4. The number of hydrogen-bond donors (Lipinski definition) is 2. The molecule has 5 nitrogen and oxygen atoms in total. The normalized spacial score (nSPS) is 16.8. The smallest absolute Gasteiger partial charge is 0.251 e. The van der Waals surface area contributed by atoms with Crippen LogP contribution in [0.15, 0.2) is 42.5 Å². The van der Waals surface area contributed by atoms with Gasteiger partial charge < -0.3 is 5.32 Å². The Hall–Kier alpha value is -2.05. The summed E-state index contributed by atoms with van der Waals surface area (Å²) < 4.78 is 24.8. The first-order valence-electron chi connectivity index (χ1n) is 7.99. The topological polar surface area (TPSA) is 75.3 Å². The quantitative estimate of drug-likeness (QED) is 0.854. The molecule has 1 aliphatic rings. The Morgan fingerprint density at radius 3 is 2.56 bits per heavy atom. The molecule has 0 saturated carbocycles. The van der Waals surface area contributed by atoms with E-state index in [2.05, 4.69) is 10.0 Å². The Kier molecular flexibility index (Phi) is 5.01. The molecule has 1 atom stereocenters. The lowest BCUT2D eigenvalue weighted by Gasteiger charge is -2.26. The zero-order valence-electron chi connectivity index (χ0n) is 13.8. The molecule has 0 aromatic heterocycles. The molecule has 0 bridgehead atoms. The van der Waals surface area contributed by atoms with Gasteiger partial charge in [-0.2, -0.15) is 0 Å². The van der Waals surface area contributed by atoms with E-state index in [1.54, 1.807) is 24.3 Å². The first-order chi connectivity index (χ1) is 11.8. The molecule has 132 valence electrons. The van der Waals surface area contributed by atoms with Gasteiger partial charge in [0.2, 0.25) is 10.0 Å². The van der Waals surface area contributed by atoms with E-state index in [0.29, 0.717) is 16.3 Å². The Morgan fingerprint density at radius 1 is 1.16 bits per heavy atom. The fraction of sp³-hybridized carbons (Fsp3) is 0.278. The molecular formula is C18H19ClN2O3S. The number of sulfonamides is 1. The molecule has 0 heterocycles. The van der Waals surface area contributed by atoms with Crippen LogP contribution in [0.2, 0.25) is 5.02 Å². The predicted molar refractivity (Wildman–Crippen MR) is 99.5 cm³/mol. The number of anilines is 1. The fourth-order valence-electron chi connectivity index (χ4n) is 3.08. The lowest BCUT2D eigenvalue weighted by molar-refractivity contribution is 0.0933. The Labute approximate surface area is 152 Å². The van der Waals surface area contributed by atoms with Gasteiger partial charge in [-0.05, 0) is 66.8 Å². The molecule has 0 fully saturated rings. The van der Waals surface area contributed by atoms with Crippen molar-refractivity contribution < 1.29 is 13.2 Å². The van der Waals surface area contributed by atoms with E-state index >= 15 is 0 Å². The lowest BCUT2D eigenvalue weighted by atomic mass is 9.87. The molecule has 25 heavy (non-hydrogen) atoms. The van der Waals surface area contributed by atoms with Crippen molar-refractivity contribution in [2.75, 3.05) is 11.0 Å². The van der Waals surface area contributed by atoms with Crippen LogP contribution in [-0.2, 0) is 16.4 Å². The van der Waals surface area contributed by atoms with E-state index in [0.717, 1.165) is 31.1 Å². The van der Waals surface area contributed by atoms with E-state index < -0.39 is 10.0 Å². The molecule has 2 aromatic carbocycles. The standard InChI is InChI=1S/C18H19ClN2O3S/c1-25(23,24)21-15-8-5-12(6-9-15)18(22)20-17-4-2-3-13-11-14(19)7-10-16(13)17/h5-11,17,21H,2-4H2,1H3,(H,20,22)/t17-/m1/s1. The van der Waals surface area contributed by atoms with Gasteiger partial charge >= 0.3 is 0 Å². The van der Waals surface area contributed by atoms with E-state index in [9.17, 15) is 13.2 Å². The summed E-state index contributed by atoms with van der Waals surface area (Å²) in [6.45, 7) is 0. The van der Waals surface area contributed by atoms with Crippen molar-refractivity contribution in [1.82, 2.24) is 5.32 Å². The van der Waals surface area contributed by atoms with Crippen molar-refractivity contribution in [2.45, 2.75) is 25.3 Å². The number of benzene rings is 2. The second-order valence-electron chi connectivity index (χ2n) is 6.21. The monoisotopic (exact) mass is 378 g/mol. The number of hydrogen-bond acceptors (Lipinski definition) is 3. The van der Waals surface area contributed by atoms with Crippen molar-refractivity contribution in [3.63, 3.8) is 0 Å². The average molecular weight is 379 g/mol.